The smallest absolute Gasteiger partial charge is 0.435 e. The van der Waals surface area contributed by atoms with E-state index in [-0.39, 0.29) is 16.9 Å². The second kappa shape index (κ2) is 5.13. The molecule has 1 aromatic heterocycles. The number of alkyl halides is 3. The summed E-state index contributed by atoms with van der Waals surface area (Å²) in [4.78, 5) is 21.0. The molecule has 0 unspecified atom stereocenters. The highest BCUT2D eigenvalue weighted by Gasteiger charge is 2.35. The second-order valence-electron chi connectivity index (χ2n) is 4.35. The van der Waals surface area contributed by atoms with E-state index in [2.05, 4.69) is 5.10 Å². The van der Waals surface area contributed by atoms with Crippen LogP contribution in [-0.4, -0.2) is 25.8 Å². The summed E-state index contributed by atoms with van der Waals surface area (Å²) in [5, 5.41) is 23.2. The van der Waals surface area contributed by atoms with Gasteiger partial charge < -0.3 is 5.11 Å². The van der Waals surface area contributed by atoms with Crippen molar-refractivity contribution in [2.75, 3.05) is 0 Å². The van der Waals surface area contributed by atoms with E-state index in [1.54, 1.807) is 0 Å². The maximum atomic E-state index is 12.6. The van der Waals surface area contributed by atoms with Crippen LogP contribution in [0.15, 0.2) is 24.3 Å². The fraction of sp³-hybridized carbons (Fsp3) is 0.167. The van der Waals surface area contributed by atoms with Gasteiger partial charge in [-0.25, -0.2) is 9.48 Å². The van der Waals surface area contributed by atoms with Gasteiger partial charge in [-0.15, -0.1) is 0 Å². The molecule has 0 aliphatic heterocycles. The first kappa shape index (κ1) is 15.5. The zero-order valence-corrected chi connectivity index (χ0v) is 11.0. The minimum atomic E-state index is -4.69. The van der Waals surface area contributed by atoms with Crippen LogP contribution >= 0.6 is 0 Å². The van der Waals surface area contributed by atoms with Crippen LogP contribution < -0.4 is 0 Å². The Balaban J connectivity index is 2.65. The summed E-state index contributed by atoms with van der Waals surface area (Å²) >= 11 is 0. The van der Waals surface area contributed by atoms with E-state index >= 15 is 0 Å². The minimum Gasteiger partial charge on any atom is -0.478 e. The van der Waals surface area contributed by atoms with Gasteiger partial charge in [0.25, 0.3) is 5.69 Å². The van der Waals surface area contributed by atoms with Crippen molar-refractivity contribution in [1.29, 1.82) is 0 Å². The fourth-order valence-corrected chi connectivity index (χ4v) is 1.84. The summed E-state index contributed by atoms with van der Waals surface area (Å²) in [6, 6.07) is 3.61. The van der Waals surface area contributed by atoms with Crippen molar-refractivity contribution in [3.05, 3.63) is 51.3 Å². The van der Waals surface area contributed by atoms with E-state index in [0.29, 0.717) is 0 Å². The Morgan fingerprint density at radius 1 is 1.36 bits per heavy atom. The van der Waals surface area contributed by atoms with Crippen LogP contribution in [0, 0.1) is 17.0 Å². The number of benzene rings is 1. The van der Waals surface area contributed by atoms with Gasteiger partial charge in [0.05, 0.1) is 10.5 Å². The van der Waals surface area contributed by atoms with E-state index in [0.717, 1.165) is 28.9 Å². The van der Waals surface area contributed by atoms with Crippen LogP contribution in [0.1, 0.15) is 21.7 Å². The largest absolute Gasteiger partial charge is 0.478 e. The third kappa shape index (κ3) is 2.75. The zero-order valence-electron chi connectivity index (χ0n) is 11.0. The molecule has 22 heavy (non-hydrogen) atoms. The fourth-order valence-electron chi connectivity index (χ4n) is 1.84. The molecule has 0 radical (unpaired) electrons. The van der Waals surface area contributed by atoms with E-state index in [4.69, 9.17) is 5.11 Å². The molecule has 116 valence electrons. The van der Waals surface area contributed by atoms with Crippen molar-refractivity contribution in [2.24, 2.45) is 0 Å². The molecule has 0 bridgehead atoms. The number of carbonyl (C=O) groups is 1. The summed E-state index contributed by atoms with van der Waals surface area (Å²) in [6.07, 6.45) is -4.69. The van der Waals surface area contributed by atoms with Crippen molar-refractivity contribution >= 4 is 11.7 Å². The van der Waals surface area contributed by atoms with Crippen LogP contribution in [0.3, 0.4) is 0 Å². The average Bonchev–Trinajstić information content (AvgIpc) is 2.79. The maximum absolute atomic E-state index is 12.6. The average molecular weight is 315 g/mol. The van der Waals surface area contributed by atoms with Crippen LogP contribution in [0.4, 0.5) is 18.9 Å². The van der Waals surface area contributed by atoms with Gasteiger partial charge in [-0.2, -0.15) is 18.3 Å². The minimum absolute atomic E-state index is 0.0264. The Kier molecular flexibility index (Phi) is 3.61. The third-order valence-electron chi connectivity index (χ3n) is 2.83. The molecule has 2 aromatic rings. The molecular weight excluding hydrogens is 307 g/mol. The number of nitro benzene ring substituents is 1. The second-order valence-corrected chi connectivity index (χ2v) is 4.35. The third-order valence-corrected chi connectivity index (χ3v) is 2.83. The highest BCUT2D eigenvalue weighted by atomic mass is 19.4. The van der Waals surface area contributed by atoms with E-state index < -0.39 is 28.5 Å². The van der Waals surface area contributed by atoms with Gasteiger partial charge in [-0.1, -0.05) is 0 Å². The Labute approximate surface area is 120 Å². The van der Waals surface area contributed by atoms with Gasteiger partial charge in [0, 0.05) is 11.8 Å². The molecule has 7 nitrogen and oxygen atoms in total. The standard InChI is InChI=1S/C12H8F3N3O4/c1-6-4-10(12(13,14)15)16-17(6)8-3-2-7(11(19)20)5-9(8)18(21)22/h2-5H,1H3,(H,19,20). The molecule has 0 aliphatic rings. The first-order valence-electron chi connectivity index (χ1n) is 5.77. The molecule has 0 atom stereocenters. The monoisotopic (exact) mass is 315 g/mol. The number of hydrogen-bond acceptors (Lipinski definition) is 4. The van der Waals surface area contributed by atoms with E-state index in [1.807, 2.05) is 0 Å². The quantitative estimate of drug-likeness (QED) is 0.693. The molecule has 0 amide bonds. The summed E-state index contributed by atoms with van der Waals surface area (Å²) < 4.78 is 38.7. The van der Waals surface area contributed by atoms with Gasteiger partial charge in [0.15, 0.2) is 5.69 Å². The molecule has 0 aliphatic carbocycles. The number of carboxylic acids is 1. The number of aromatic carboxylic acids is 1. The van der Waals surface area contributed by atoms with Crippen LogP contribution in [0.25, 0.3) is 5.69 Å². The Morgan fingerprint density at radius 3 is 2.45 bits per heavy atom. The molecular formula is C12H8F3N3O4. The summed E-state index contributed by atoms with van der Waals surface area (Å²) in [6.45, 7) is 1.30. The molecule has 0 saturated carbocycles. The molecule has 1 N–H and O–H groups in total. The lowest BCUT2D eigenvalue weighted by Crippen LogP contribution is -2.09. The number of rotatable bonds is 3. The first-order valence-corrected chi connectivity index (χ1v) is 5.77. The topological polar surface area (TPSA) is 98.3 Å². The van der Waals surface area contributed by atoms with Crippen molar-refractivity contribution < 1.29 is 28.0 Å². The normalized spacial score (nSPS) is 11.5. The molecule has 0 saturated heterocycles. The van der Waals surface area contributed by atoms with Gasteiger partial charge in [0.1, 0.15) is 5.69 Å². The van der Waals surface area contributed by atoms with Gasteiger partial charge in [-0.05, 0) is 25.1 Å². The molecule has 0 fully saturated rings. The Morgan fingerprint density at radius 2 is 2.00 bits per heavy atom. The number of aryl methyl sites for hydroxylation is 1. The van der Waals surface area contributed by atoms with Crippen molar-refractivity contribution in [2.45, 2.75) is 13.1 Å². The van der Waals surface area contributed by atoms with Gasteiger partial charge >= 0.3 is 12.1 Å². The predicted molar refractivity (Wildman–Crippen MR) is 66.9 cm³/mol. The highest BCUT2D eigenvalue weighted by molar-refractivity contribution is 5.89. The number of nitro groups is 1. The number of hydrogen-bond donors (Lipinski definition) is 1. The van der Waals surface area contributed by atoms with Gasteiger partial charge in [-0.3, -0.25) is 10.1 Å². The van der Waals surface area contributed by atoms with E-state index in [1.165, 1.54) is 6.92 Å². The highest BCUT2D eigenvalue weighted by Crippen LogP contribution is 2.31. The van der Waals surface area contributed by atoms with Crippen molar-refractivity contribution in [3.8, 4) is 5.69 Å². The summed E-state index contributed by atoms with van der Waals surface area (Å²) in [7, 11) is 0. The zero-order chi connectivity index (χ0) is 16.7. The van der Waals surface area contributed by atoms with Crippen LogP contribution in [0.5, 0.6) is 0 Å². The van der Waals surface area contributed by atoms with Crippen LogP contribution in [-0.2, 0) is 6.18 Å². The van der Waals surface area contributed by atoms with Gasteiger partial charge in [0.2, 0.25) is 0 Å². The summed E-state index contributed by atoms with van der Waals surface area (Å²) in [5.74, 6) is -1.39. The summed E-state index contributed by atoms with van der Waals surface area (Å²) in [5.41, 5.74) is -2.42. The van der Waals surface area contributed by atoms with E-state index in [9.17, 15) is 28.1 Å². The number of carboxylic acid groups (broad SMARTS) is 1. The SMILES string of the molecule is Cc1cc(C(F)(F)F)nn1-c1ccc(C(=O)O)cc1[N+](=O)[O-]. The number of aromatic nitrogens is 2. The lowest BCUT2D eigenvalue weighted by Gasteiger charge is -2.06. The van der Waals surface area contributed by atoms with Crippen LogP contribution in [0.2, 0.25) is 0 Å². The Hall–Kier alpha value is -2.91. The molecule has 1 heterocycles. The lowest BCUT2D eigenvalue weighted by atomic mass is 10.1. The number of nitrogens with zero attached hydrogens (tertiary/aromatic N) is 3. The molecule has 2 rings (SSSR count). The lowest BCUT2D eigenvalue weighted by molar-refractivity contribution is -0.384. The van der Waals surface area contributed by atoms with Crippen molar-refractivity contribution in [3.63, 3.8) is 0 Å². The molecule has 0 spiro atoms. The maximum Gasteiger partial charge on any atom is 0.435 e. The number of halogens is 3. The van der Waals surface area contributed by atoms with Crippen molar-refractivity contribution in [1.82, 2.24) is 9.78 Å². The Bertz CT molecular complexity index is 767. The molecule has 10 heteroatoms. The molecule has 1 aromatic carbocycles. The first-order chi connectivity index (χ1) is 10.1. The predicted octanol–water partition coefficient (Wildman–Crippen LogP) is 2.81.